The number of hydrogen-bond acceptors (Lipinski definition) is 6. The number of hydrogen-bond donors (Lipinski definition) is 4. The number of aromatic nitrogens is 2. The van der Waals surface area contributed by atoms with Gasteiger partial charge in [0.05, 0.1) is 18.0 Å². The average molecular weight is 295 g/mol. The van der Waals surface area contributed by atoms with Crippen molar-refractivity contribution >= 4 is 23.4 Å². The maximum absolute atomic E-state index is 11.6. The number of nitrogens with one attached hydrogen (secondary N) is 1. The van der Waals surface area contributed by atoms with Crippen molar-refractivity contribution in [2.75, 3.05) is 6.61 Å². The first-order valence-electron chi connectivity index (χ1n) is 5.09. The van der Waals surface area contributed by atoms with Crippen LogP contribution in [0, 0.1) is 0 Å². The molecule has 2 rings (SSSR count). The standard InChI is InChI=1S/C9H11ClN2O5S/c10-3-1-12(9(17)11-7(3)16)8-6(15)5(14)4(2-13)18-8/h1,4-6,8,13-15H,2H2,(H,11,16,17). The van der Waals surface area contributed by atoms with Gasteiger partial charge in [-0.3, -0.25) is 14.3 Å². The van der Waals surface area contributed by atoms with E-state index in [-0.39, 0.29) is 11.6 Å². The van der Waals surface area contributed by atoms with Gasteiger partial charge in [0.15, 0.2) is 0 Å². The van der Waals surface area contributed by atoms with E-state index in [4.69, 9.17) is 16.7 Å². The SMILES string of the molecule is O=c1[nH]c(=O)n(C2SC(CO)C(O)C2O)cc1Cl. The molecule has 0 saturated carbocycles. The maximum atomic E-state index is 11.6. The van der Waals surface area contributed by atoms with E-state index < -0.39 is 34.1 Å². The van der Waals surface area contributed by atoms with Crippen molar-refractivity contribution in [1.29, 1.82) is 0 Å². The van der Waals surface area contributed by atoms with Gasteiger partial charge in [-0.05, 0) is 0 Å². The van der Waals surface area contributed by atoms with E-state index in [0.29, 0.717) is 0 Å². The number of halogens is 1. The minimum Gasteiger partial charge on any atom is -0.395 e. The predicted molar refractivity (Wildman–Crippen MR) is 65.8 cm³/mol. The minimum atomic E-state index is -1.23. The molecule has 0 aliphatic carbocycles. The normalized spacial score (nSPS) is 31.8. The van der Waals surface area contributed by atoms with E-state index in [1.165, 1.54) is 0 Å². The van der Waals surface area contributed by atoms with E-state index in [1.54, 1.807) is 0 Å². The third-order valence-electron chi connectivity index (χ3n) is 2.72. The molecule has 1 aliphatic heterocycles. The van der Waals surface area contributed by atoms with Gasteiger partial charge in [-0.1, -0.05) is 11.6 Å². The van der Waals surface area contributed by atoms with Gasteiger partial charge in [0.2, 0.25) is 0 Å². The minimum absolute atomic E-state index is 0.190. The first kappa shape index (κ1) is 13.6. The monoisotopic (exact) mass is 294 g/mol. The Hall–Kier alpha value is -0.800. The summed E-state index contributed by atoms with van der Waals surface area (Å²) in [5, 5.41) is 26.9. The third kappa shape index (κ3) is 2.21. The van der Waals surface area contributed by atoms with Gasteiger partial charge >= 0.3 is 5.69 Å². The lowest BCUT2D eigenvalue weighted by molar-refractivity contribution is 0.0101. The Morgan fingerprint density at radius 1 is 1.39 bits per heavy atom. The van der Waals surface area contributed by atoms with Crippen molar-refractivity contribution in [1.82, 2.24) is 9.55 Å². The van der Waals surface area contributed by atoms with Crippen molar-refractivity contribution < 1.29 is 15.3 Å². The molecule has 18 heavy (non-hydrogen) atoms. The highest BCUT2D eigenvalue weighted by Gasteiger charge is 2.43. The van der Waals surface area contributed by atoms with Crippen molar-refractivity contribution in [3.8, 4) is 0 Å². The Labute approximate surface area is 110 Å². The van der Waals surface area contributed by atoms with E-state index in [2.05, 4.69) is 0 Å². The fourth-order valence-electron chi connectivity index (χ4n) is 1.76. The second kappa shape index (κ2) is 5.06. The van der Waals surface area contributed by atoms with Crippen molar-refractivity contribution in [3.05, 3.63) is 32.1 Å². The van der Waals surface area contributed by atoms with Crippen LogP contribution in [0.2, 0.25) is 5.02 Å². The van der Waals surface area contributed by atoms with Crippen LogP contribution in [-0.4, -0.2) is 48.9 Å². The van der Waals surface area contributed by atoms with Crippen LogP contribution in [-0.2, 0) is 0 Å². The summed E-state index contributed by atoms with van der Waals surface area (Å²) < 4.78 is 1.04. The van der Waals surface area contributed by atoms with E-state index >= 15 is 0 Å². The van der Waals surface area contributed by atoms with E-state index in [9.17, 15) is 19.8 Å². The molecule has 1 saturated heterocycles. The molecule has 2 heterocycles. The van der Waals surface area contributed by atoms with Crippen LogP contribution >= 0.6 is 23.4 Å². The predicted octanol–water partition coefficient (Wildman–Crippen LogP) is -1.48. The molecule has 4 N–H and O–H groups in total. The van der Waals surface area contributed by atoms with Gasteiger partial charge in [0.1, 0.15) is 16.5 Å². The number of aliphatic hydroxyl groups excluding tert-OH is 3. The summed E-state index contributed by atoms with van der Waals surface area (Å²) in [5.41, 5.74) is -1.44. The van der Waals surface area contributed by atoms with Gasteiger partial charge in [0.25, 0.3) is 5.56 Å². The number of nitrogens with zero attached hydrogens (tertiary/aromatic N) is 1. The molecule has 1 aliphatic rings. The van der Waals surface area contributed by atoms with Crippen LogP contribution in [0.5, 0.6) is 0 Å². The first-order valence-corrected chi connectivity index (χ1v) is 6.41. The van der Waals surface area contributed by atoms with Gasteiger partial charge in [-0.2, -0.15) is 0 Å². The Morgan fingerprint density at radius 3 is 2.61 bits per heavy atom. The fourth-order valence-corrected chi connectivity index (χ4v) is 3.29. The molecule has 0 aromatic carbocycles. The molecular weight excluding hydrogens is 284 g/mol. The van der Waals surface area contributed by atoms with Gasteiger partial charge in [-0.25, -0.2) is 4.79 Å². The van der Waals surface area contributed by atoms with Crippen molar-refractivity contribution in [2.24, 2.45) is 0 Å². The Morgan fingerprint density at radius 2 is 2.06 bits per heavy atom. The average Bonchev–Trinajstić information content (AvgIpc) is 2.61. The zero-order chi connectivity index (χ0) is 13.4. The Balaban J connectivity index is 2.42. The Kier molecular flexibility index (Phi) is 3.83. The van der Waals surface area contributed by atoms with Crippen LogP contribution in [0.25, 0.3) is 0 Å². The molecule has 0 bridgehead atoms. The first-order chi connectivity index (χ1) is 8.45. The lowest BCUT2D eigenvalue weighted by Crippen LogP contribution is -2.37. The number of thioether (sulfide) groups is 1. The molecule has 0 amide bonds. The highest BCUT2D eigenvalue weighted by molar-refractivity contribution is 8.00. The lowest BCUT2D eigenvalue weighted by Gasteiger charge is -2.17. The summed E-state index contributed by atoms with van der Waals surface area (Å²) in [4.78, 5) is 24.7. The lowest BCUT2D eigenvalue weighted by atomic mass is 10.1. The van der Waals surface area contributed by atoms with Crippen LogP contribution in [0.3, 0.4) is 0 Å². The number of H-pyrrole nitrogens is 1. The quantitative estimate of drug-likeness (QED) is 0.529. The number of aromatic amines is 1. The third-order valence-corrected chi connectivity index (χ3v) is 4.55. The summed E-state index contributed by atoms with van der Waals surface area (Å²) in [6.45, 7) is -0.328. The van der Waals surface area contributed by atoms with Gasteiger partial charge in [0, 0.05) is 6.20 Å². The smallest absolute Gasteiger partial charge is 0.329 e. The number of rotatable bonds is 2. The zero-order valence-corrected chi connectivity index (χ0v) is 10.6. The molecule has 100 valence electrons. The molecule has 1 fully saturated rings. The molecule has 0 radical (unpaired) electrons. The fraction of sp³-hybridized carbons (Fsp3) is 0.556. The van der Waals surface area contributed by atoms with E-state index in [0.717, 1.165) is 22.5 Å². The largest absolute Gasteiger partial charge is 0.395 e. The van der Waals surface area contributed by atoms with Gasteiger partial charge in [-0.15, -0.1) is 11.8 Å². The van der Waals surface area contributed by atoms with Crippen molar-refractivity contribution in [3.63, 3.8) is 0 Å². The molecule has 4 unspecified atom stereocenters. The number of aliphatic hydroxyl groups is 3. The molecule has 1 aromatic rings. The molecular formula is C9H11ClN2O5S. The Bertz CT molecular complexity index is 559. The highest BCUT2D eigenvalue weighted by Crippen LogP contribution is 2.40. The van der Waals surface area contributed by atoms with Crippen LogP contribution in [0.4, 0.5) is 0 Å². The summed E-state index contributed by atoms with van der Waals surface area (Å²) in [6.07, 6.45) is -1.27. The molecule has 9 heteroatoms. The molecule has 7 nitrogen and oxygen atoms in total. The van der Waals surface area contributed by atoms with Crippen LogP contribution in [0.1, 0.15) is 5.37 Å². The molecule has 4 atom stereocenters. The summed E-state index contributed by atoms with van der Waals surface area (Å²) in [6, 6.07) is 0. The van der Waals surface area contributed by atoms with Gasteiger partial charge < -0.3 is 15.3 Å². The maximum Gasteiger partial charge on any atom is 0.329 e. The summed E-state index contributed by atoms with van der Waals surface area (Å²) >= 11 is 6.65. The van der Waals surface area contributed by atoms with Crippen LogP contribution < -0.4 is 11.2 Å². The van der Waals surface area contributed by atoms with Crippen molar-refractivity contribution in [2.45, 2.75) is 22.8 Å². The topological polar surface area (TPSA) is 116 Å². The zero-order valence-electron chi connectivity index (χ0n) is 8.99. The highest BCUT2D eigenvalue weighted by atomic mass is 35.5. The molecule has 0 spiro atoms. The second-order valence-electron chi connectivity index (χ2n) is 3.87. The van der Waals surface area contributed by atoms with E-state index in [1.807, 2.05) is 4.98 Å². The molecule has 1 aromatic heterocycles. The second-order valence-corrected chi connectivity index (χ2v) is 5.64. The summed E-state index contributed by atoms with van der Waals surface area (Å²) in [7, 11) is 0. The summed E-state index contributed by atoms with van der Waals surface area (Å²) in [5.74, 6) is 0. The van der Waals surface area contributed by atoms with Crippen LogP contribution in [0.15, 0.2) is 15.8 Å².